The van der Waals surface area contributed by atoms with Gasteiger partial charge in [0.05, 0.1) is 30.4 Å². The van der Waals surface area contributed by atoms with E-state index in [0.717, 1.165) is 40.0 Å². The molecule has 0 saturated heterocycles. The predicted octanol–water partition coefficient (Wildman–Crippen LogP) is 4.07. The fourth-order valence-electron chi connectivity index (χ4n) is 3.84. The van der Waals surface area contributed by atoms with Gasteiger partial charge in [-0.05, 0) is 79.3 Å². The second kappa shape index (κ2) is 8.70. The largest absolute Gasteiger partial charge is 0.468 e. The monoisotopic (exact) mass is 434 g/mol. The van der Waals surface area contributed by atoms with Crippen molar-refractivity contribution in [1.82, 2.24) is 30.1 Å². The highest BCUT2D eigenvalue weighted by Gasteiger charge is 2.25. The smallest absolute Gasteiger partial charge is 0.252 e. The molecule has 0 spiro atoms. The first-order valence-electron chi connectivity index (χ1n) is 10.9. The molecule has 1 N–H and O–H groups in total. The average Bonchev–Trinajstić information content (AvgIpc) is 3.44. The lowest BCUT2D eigenvalue weighted by molar-refractivity contribution is 0.203. The van der Waals surface area contributed by atoms with Crippen molar-refractivity contribution >= 4 is 10.9 Å². The molecule has 0 unspecified atom stereocenters. The predicted molar refractivity (Wildman–Crippen MR) is 123 cm³/mol. The summed E-state index contributed by atoms with van der Waals surface area (Å²) < 4.78 is 7.46. The molecule has 0 bridgehead atoms. The first-order chi connectivity index (χ1) is 15.3. The summed E-state index contributed by atoms with van der Waals surface area (Å²) in [6.07, 6.45) is 2.55. The van der Waals surface area contributed by atoms with Gasteiger partial charge in [0.2, 0.25) is 0 Å². The van der Waals surface area contributed by atoms with Crippen LogP contribution in [0.4, 0.5) is 0 Å². The molecule has 8 nitrogen and oxygen atoms in total. The molecule has 4 aromatic rings. The molecule has 4 rings (SSSR count). The minimum absolute atomic E-state index is 0.0795. The molecular weight excluding hydrogens is 404 g/mol. The Bertz CT molecular complexity index is 1270. The summed E-state index contributed by atoms with van der Waals surface area (Å²) in [5, 5.41) is 13.4. The fourth-order valence-corrected chi connectivity index (χ4v) is 3.84. The van der Waals surface area contributed by atoms with Crippen molar-refractivity contribution in [1.29, 1.82) is 0 Å². The van der Waals surface area contributed by atoms with Gasteiger partial charge in [-0.3, -0.25) is 9.69 Å². The Balaban J connectivity index is 1.68. The number of furan rings is 1. The molecule has 0 radical (unpaired) electrons. The Morgan fingerprint density at radius 1 is 1.16 bits per heavy atom. The number of fused-ring (bicyclic) bond motifs is 1. The minimum Gasteiger partial charge on any atom is -0.468 e. The third-order valence-electron chi connectivity index (χ3n) is 6.32. The Labute approximate surface area is 187 Å². The molecule has 8 heteroatoms. The quantitative estimate of drug-likeness (QED) is 0.449. The number of pyridine rings is 1. The number of nitrogens with zero attached hydrogens (tertiary/aromatic N) is 5. The first kappa shape index (κ1) is 22.0. The Morgan fingerprint density at radius 3 is 2.69 bits per heavy atom. The third kappa shape index (κ3) is 4.36. The molecule has 0 aliphatic carbocycles. The van der Waals surface area contributed by atoms with Crippen molar-refractivity contribution in [3.05, 3.63) is 75.2 Å². The number of hydrogen-bond donors (Lipinski definition) is 1. The molecule has 3 aromatic heterocycles. The Hall–Kier alpha value is -3.26. The van der Waals surface area contributed by atoms with Gasteiger partial charge in [0.25, 0.3) is 5.56 Å². The zero-order chi connectivity index (χ0) is 22.9. The standard InChI is InChI=1S/C24H30N6O2/c1-6-24(4,5)30-21(26-27-28-30)15-29(14-20-8-7-11-32-20)13-19-12-18-10-9-16(2)17(3)22(18)25-23(19)31/h7-12H,6,13-15H2,1-5H3,(H,25,31). The van der Waals surface area contributed by atoms with Gasteiger partial charge in [0.1, 0.15) is 5.76 Å². The maximum Gasteiger partial charge on any atom is 0.252 e. The zero-order valence-corrected chi connectivity index (χ0v) is 19.3. The number of nitrogens with one attached hydrogen (secondary N) is 1. The van der Waals surface area contributed by atoms with Crippen molar-refractivity contribution in [2.45, 2.75) is 66.2 Å². The second-order valence-corrected chi connectivity index (χ2v) is 8.99. The number of benzene rings is 1. The summed E-state index contributed by atoms with van der Waals surface area (Å²) in [7, 11) is 0. The van der Waals surface area contributed by atoms with Crippen LogP contribution in [0.5, 0.6) is 0 Å². The van der Waals surface area contributed by atoms with Crippen LogP contribution in [-0.4, -0.2) is 30.1 Å². The maximum absolute atomic E-state index is 13.0. The first-order valence-corrected chi connectivity index (χ1v) is 10.9. The second-order valence-electron chi connectivity index (χ2n) is 8.99. The lowest BCUT2D eigenvalue weighted by atomic mass is 10.0. The summed E-state index contributed by atoms with van der Waals surface area (Å²) in [5.74, 6) is 1.58. The summed E-state index contributed by atoms with van der Waals surface area (Å²) >= 11 is 0. The van der Waals surface area contributed by atoms with Crippen LogP contribution in [0.3, 0.4) is 0 Å². The summed E-state index contributed by atoms with van der Waals surface area (Å²) in [6.45, 7) is 11.9. The molecular formula is C24H30N6O2. The fraction of sp³-hybridized carbons (Fsp3) is 0.417. The van der Waals surface area contributed by atoms with Crippen LogP contribution in [-0.2, 0) is 25.2 Å². The van der Waals surface area contributed by atoms with E-state index in [1.165, 1.54) is 0 Å². The van der Waals surface area contributed by atoms with E-state index >= 15 is 0 Å². The van der Waals surface area contributed by atoms with E-state index in [-0.39, 0.29) is 11.1 Å². The maximum atomic E-state index is 13.0. The molecule has 0 saturated carbocycles. The van der Waals surface area contributed by atoms with E-state index in [9.17, 15) is 4.79 Å². The van der Waals surface area contributed by atoms with Gasteiger partial charge in [0.15, 0.2) is 5.82 Å². The minimum atomic E-state index is -0.203. The van der Waals surface area contributed by atoms with Crippen molar-refractivity contribution in [2.24, 2.45) is 0 Å². The van der Waals surface area contributed by atoms with Crippen molar-refractivity contribution < 1.29 is 4.42 Å². The number of aryl methyl sites for hydroxylation is 2. The number of aromatic nitrogens is 5. The molecule has 0 atom stereocenters. The summed E-state index contributed by atoms with van der Waals surface area (Å²) in [6, 6.07) is 9.92. The van der Waals surface area contributed by atoms with E-state index in [1.54, 1.807) is 6.26 Å². The van der Waals surface area contributed by atoms with Gasteiger partial charge in [-0.1, -0.05) is 19.1 Å². The summed E-state index contributed by atoms with van der Waals surface area (Å²) in [4.78, 5) is 18.2. The van der Waals surface area contributed by atoms with Gasteiger partial charge < -0.3 is 9.40 Å². The van der Waals surface area contributed by atoms with Crippen molar-refractivity contribution in [2.75, 3.05) is 0 Å². The van der Waals surface area contributed by atoms with E-state index in [0.29, 0.717) is 25.2 Å². The topological polar surface area (TPSA) is 92.8 Å². The van der Waals surface area contributed by atoms with Gasteiger partial charge >= 0.3 is 0 Å². The molecule has 168 valence electrons. The normalized spacial score (nSPS) is 12.2. The highest BCUT2D eigenvalue weighted by Crippen LogP contribution is 2.22. The molecule has 32 heavy (non-hydrogen) atoms. The molecule has 0 aliphatic heterocycles. The molecule has 3 heterocycles. The number of tetrazole rings is 1. The number of hydrogen-bond acceptors (Lipinski definition) is 6. The number of aromatic amines is 1. The van der Waals surface area contributed by atoms with Crippen LogP contribution < -0.4 is 5.56 Å². The van der Waals surface area contributed by atoms with Crippen LogP contribution in [0.25, 0.3) is 10.9 Å². The van der Waals surface area contributed by atoms with Crippen LogP contribution in [0.1, 0.15) is 55.5 Å². The lowest BCUT2D eigenvalue weighted by Gasteiger charge is -2.26. The lowest BCUT2D eigenvalue weighted by Crippen LogP contribution is -2.32. The SMILES string of the molecule is CCC(C)(C)n1nnnc1CN(Cc1ccco1)Cc1cc2ccc(C)c(C)c2[nH]c1=O. The highest BCUT2D eigenvalue weighted by molar-refractivity contribution is 5.83. The molecule has 1 aromatic carbocycles. The van der Waals surface area contributed by atoms with E-state index in [1.807, 2.05) is 36.7 Å². The van der Waals surface area contributed by atoms with Crippen LogP contribution >= 0.6 is 0 Å². The van der Waals surface area contributed by atoms with E-state index < -0.39 is 0 Å². The zero-order valence-electron chi connectivity index (χ0n) is 19.3. The van der Waals surface area contributed by atoms with Gasteiger partial charge in [-0.2, -0.15) is 0 Å². The van der Waals surface area contributed by atoms with Crippen LogP contribution in [0, 0.1) is 13.8 Å². The van der Waals surface area contributed by atoms with E-state index in [2.05, 4.69) is 58.3 Å². The summed E-state index contributed by atoms with van der Waals surface area (Å²) in [5.41, 5.74) is 3.56. The van der Waals surface area contributed by atoms with Crippen molar-refractivity contribution in [3.8, 4) is 0 Å². The van der Waals surface area contributed by atoms with Gasteiger partial charge in [-0.25, -0.2) is 4.68 Å². The Morgan fingerprint density at radius 2 is 1.97 bits per heavy atom. The van der Waals surface area contributed by atoms with Crippen LogP contribution in [0.15, 0.2) is 45.8 Å². The van der Waals surface area contributed by atoms with E-state index in [4.69, 9.17) is 4.42 Å². The molecule has 0 amide bonds. The number of rotatable bonds is 8. The van der Waals surface area contributed by atoms with Gasteiger partial charge in [0, 0.05) is 12.1 Å². The highest BCUT2D eigenvalue weighted by atomic mass is 16.3. The number of H-pyrrole nitrogens is 1. The third-order valence-corrected chi connectivity index (χ3v) is 6.32. The van der Waals surface area contributed by atoms with Crippen LogP contribution in [0.2, 0.25) is 0 Å². The molecule has 0 fully saturated rings. The molecule has 0 aliphatic rings. The van der Waals surface area contributed by atoms with Gasteiger partial charge in [-0.15, -0.1) is 5.10 Å². The average molecular weight is 435 g/mol. The van der Waals surface area contributed by atoms with Crippen molar-refractivity contribution in [3.63, 3.8) is 0 Å². The Kier molecular flexibility index (Phi) is 5.97.